The van der Waals surface area contributed by atoms with E-state index in [1.807, 2.05) is 6.20 Å². The first kappa shape index (κ1) is 20.0. The van der Waals surface area contributed by atoms with E-state index in [0.717, 1.165) is 11.1 Å². The highest BCUT2D eigenvalue weighted by Gasteiger charge is 2.31. The lowest BCUT2D eigenvalue weighted by molar-refractivity contribution is 0.101. The van der Waals surface area contributed by atoms with Gasteiger partial charge in [-0.2, -0.15) is 0 Å². The molecule has 10 heteroatoms. The largest absolute Gasteiger partial charge is 0.446 e. The molecule has 0 spiro atoms. The highest BCUT2D eigenvalue weighted by Crippen LogP contribution is 2.35. The summed E-state index contributed by atoms with van der Waals surface area (Å²) < 4.78 is 25.2. The molecule has 2 heterocycles. The summed E-state index contributed by atoms with van der Waals surface area (Å²) >= 11 is 5.78. The van der Waals surface area contributed by atoms with Crippen LogP contribution in [0.4, 0.5) is 14.9 Å². The Labute approximate surface area is 176 Å². The molecule has 0 fully saturated rings. The van der Waals surface area contributed by atoms with Crippen molar-refractivity contribution in [1.82, 2.24) is 14.9 Å². The number of halogens is 2. The number of benzene rings is 1. The predicted octanol–water partition coefficient (Wildman–Crippen LogP) is 3.97. The number of ether oxygens (including phenoxy) is 1. The molecule has 1 aromatic carbocycles. The van der Waals surface area contributed by atoms with Crippen LogP contribution in [-0.4, -0.2) is 21.6 Å². The van der Waals surface area contributed by atoms with Gasteiger partial charge in [-0.25, -0.2) is 14.2 Å². The van der Waals surface area contributed by atoms with E-state index in [1.165, 1.54) is 30.7 Å². The molecule has 0 radical (unpaired) electrons. The van der Waals surface area contributed by atoms with Crippen molar-refractivity contribution in [3.05, 3.63) is 70.4 Å². The first-order chi connectivity index (χ1) is 14.4. The maximum Gasteiger partial charge on any atom is 0.408 e. The third-order valence-corrected chi connectivity index (χ3v) is 5.16. The van der Waals surface area contributed by atoms with Gasteiger partial charge in [0.15, 0.2) is 6.61 Å². The summed E-state index contributed by atoms with van der Waals surface area (Å²) in [7, 11) is 1.75. The number of alkyl carbamates (subject to hydrolysis) is 1. The third kappa shape index (κ3) is 4.02. The third-order valence-electron chi connectivity index (χ3n) is 4.87. The normalized spacial score (nSPS) is 15.0. The van der Waals surface area contributed by atoms with Crippen molar-refractivity contribution < 1.29 is 23.1 Å². The lowest BCUT2D eigenvalue weighted by atomic mass is 10.1. The van der Waals surface area contributed by atoms with Gasteiger partial charge in [-0.15, -0.1) is 0 Å². The molecule has 3 aromatic rings. The number of carbonyl (C=O) groups is 2. The Bertz CT molecular complexity index is 1100. The molecule has 2 N–H and O–H groups in total. The van der Waals surface area contributed by atoms with Crippen molar-refractivity contribution >= 4 is 29.3 Å². The molecule has 1 aliphatic carbocycles. The zero-order valence-corrected chi connectivity index (χ0v) is 16.7. The molecule has 1 aliphatic rings. The van der Waals surface area contributed by atoms with Crippen LogP contribution >= 0.6 is 11.6 Å². The maximum atomic E-state index is 13.3. The molecule has 30 heavy (non-hydrogen) atoms. The fraction of sp³-hybridized carbons (Fsp3) is 0.250. The van der Waals surface area contributed by atoms with E-state index in [4.69, 9.17) is 20.8 Å². The van der Waals surface area contributed by atoms with Gasteiger partial charge < -0.3 is 24.4 Å². The minimum atomic E-state index is -0.596. The summed E-state index contributed by atoms with van der Waals surface area (Å²) in [5.74, 6) is -0.594. The quantitative estimate of drug-likeness (QED) is 0.635. The van der Waals surface area contributed by atoms with E-state index in [2.05, 4.69) is 15.6 Å². The van der Waals surface area contributed by atoms with Crippen LogP contribution in [0.25, 0.3) is 0 Å². The number of rotatable bonds is 5. The number of hydrogen-bond acceptors (Lipinski definition) is 5. The Balaban J connectivity index is 1.44. The number of amides is 2. The van der Waals surface area contributed by atoms with Gasteiger partial charge in [0.1, 0.15) is 17.8 Å². The zero-order valence-electron chi connectivity index (χ0n) is 15.9. The highest BCUT2D eigenvalue weighted by atomic mass is 35.5. The van der Waals surface area contributed by atoms with E-state index in [0.29, 0.717) is 30.1 Å². The number of hydrogen-bond donors (Lipinski definition) is 2. The van der Waals surface area contributed by atoms with Crippen LogP contribution in [0.2, 0.25) is 5.02 Å². The van der Waals surface area contributed by atoms with Crippen LogP contribution in [-0.2, 0) is 24.8 Å². The fourth-order valence-electron chi connectivity index (χ4n) is 3.55. The van der Waals surface area contributed by atoms with E-state index in [-0.39, 0.29) is 23.6 Å². The summed E-state index contributed by atoms with van der Waals surface area (Å²) in [6, 6.07) is 3.71. The predicted molar refractivity (Wildman–Crippen MR) is 106 cm³/mol. The fourth-order valence-corrected chi connectivity index (χ4v) is 3.74. The summed E-state index contributed by atoms with van der Waals surface area (Å²) in [5.41, 5.74) is 2.57. The standard InChI is InChI=1S/C20H18ClFN4O4/c1-26-9-13-12(18(26)19(27)24-11-2-4-15(22)14(21)8-11)3-5-16(13)25-20(28)30-10-17-23-6-7-29-17/h2,4,6-9,16H,3,5,10H2,1H3,(H,24,27)(H,25,28). The molecule has 1 unspecified atom stereocenters. The molecule has 2 amide bonds. The first-order valence-electron chi connectivity index (χ1n) is 9.18. The zero-order chi connectivity index (χ0) is 21.3. The first-order valence-corrected chi connectivity index (χ1v) is 9.56. The van der Waals surface area contributed by atoms with Crippen molar-refractivity contribution in [3.8, 4) is 0 Å². The number of oxazole rings is 1. The molecule has 2 aromatic heterocycles. The number of fused-ring (bicyclic) bond motifs is 1. The van der Waals surface area contributed by atoms with Crippen molar-refractivity contribution in [2.75, 3.05) is 5.32 Å². The van der Waals surface area contributed by atoms with Crippen LogP contribution < -0.4 is 10.6 Å². The van der Waals surface area contributed by atoms with Gasteiger partial charge in [0.2, 0.25) is 5.89 Å². The van der Waals surface area contributed by atoms with E-state index in [9.17, 15) is 14.0 Å². The monoisotopic (exact) mass is 432 g/mol. The van der Waals surface area contributed by atoms with E-state index in [1.54, 1.807) is 11.6 Å². The second-order valence-electron chi connectivity index (χ2n) is 6.84. The van der Waals surface area contributed by atoms with Crippen molar-refractivity contribution in [2.45, 2.75) is 25.5 Å². The van der Waals surface area contributed by atoms with E-state index < -0.39 is 11.9 Å². The second kappa shape index (κ2) is 8.19. The number of carbonyl (C=O) groups excluding carboxylic acids is 2. The molecule has 0 bridgehead atoms. The van der Waals surface area contributed by atoms with Crippen molar-refractivity contribution in [2.24, 2.45) is 7.05 Å². The number of nitrogens with one attached hydrogen (secondary N) is 2. The molecule has 1 atom stereocenters. The molecule has 0 aliphatic heterocycles. The molecule has 8 nitrogen and oxygen atoms in total. The van der Waals surface area contributed by atoms with Gasteiger partial charge in [-0.05, 0) is 42.2 Å². The van der Waals surface area contributed by atoms with Gasteiger partial charge in [0, 0.05) is 18.9 Å². The maximum absolute atomic E-state index is 13.3. The molecular formula is C20H18ClFN4O4. The Kier molecular flexibility index (Phi) is 5.45. The van der Waals surface area contributed by atoms with Crippen molar-refractivity contribution in [1.29, 1.82) is 0 Å². The van der Waals surface area contributed by atoms with E-state index >= 15 is 0 Å². The minimum Gasteiger partial charge on any atom is -0.446 e. The molecule has 0 saturated carbocycles. The summed E-state index contributed by atoms with van der Waals surface area (Å²) in [6.07, 6.45) is 5.35. The lowest BCUT2D eigenvalue weighted by Crippen LogP contribution is -2.27. The highest BCUT2D eigenvalue weighted by molar-refractivity contribution is 6.31. The topological polar surface area (TPSA) is 98.4 Å². The smallest absolute Gasteiger partial charge is 0.408 e. The Morgan fingerprint density at radius 3 is 3.00 bits per heavy atom. The van der Waals surface area contributed by atoms with Crippen LogP contribution in [0, 0.1) is 5.82 Å². The van der Waals surface area contributed by atoms with Crippen molar-refractivity contribution in [3.63, 3.8) is 0 Å². The minimum absolute atomic E-state index is 0.0684. The van der Waals surface area contributed by atoms with Gasteiger partial charge >= 0.3 is 6.09 Å². The molecule has 0 saturated heterocycles. The molecule has 4 rings (SSSR count). The molecule has 156 valence electrons. The van der Waals surface area contributed by atoms with Gasteiger partial charge in [-0.1, -0.05) is 11.6 Å². The van der Waals surface area contributed by atoms with Gasteiger partial charge in [0.05, 0.1) is 17.3 Å². The summed E-state index contributed by atoms with van der Waals surface area (Å²) in [5, 5.41) is 5.47. The SMILES string of the molecule is Cn1cc2c(c1C(=O)Nc1ccc(F)c(Cl)c1)CCC2NC(=O)OCc1ncco1. The average molecular weight is 433 g/mol. The number of aromatic nitrogens is 2. The lowest BCUT2D eigenvalue weighted by Gasteiger charge is -2.12. The second-order valence-corrected chi connectivity index (χ2v) is 7.25. The Hall–Kier alpha value is -3.33. The van der Waals surface area contributed by atoms with Gasteiger partial charge in [-0.3, -0.25) is 4.79 Å². The molecular weight excluding hydrogens is 415 g/mol. The average Bonchev–Trinajstić information content (AvgIpc) is 3.41. The summed E-state index contributed by atoms with van der Waals surface area (Å²) in [4.78, 5) is 28.8. The van der Waals surface area contributed by atoms with Crippen LogP contribution in [0.15, 0.2) is 41.3 Å². The Morgan fingerprint density at radius 1 is 1.43 bits per heavy atom. The van der Waals surface area contributed by atoms with Crippen LogP contribution in [0.3, 0.4) is 0 Å². The van der Waals surface area contributed by atoms with Crippen LogP contribution in [0.5, 0.6) is 0 Å². The van der Waals surface area contributed by atoms with Gasteiger partial charge in [0.25, 0.3) is 5.91 Å². The Morgan fingerprint density at radius 2 is 2.27 bits per heavy atom. The summed E-state index contributed by atoms with van der Waals surface area (Å²) in [6.45, 7) is -0.0684. The number of anilines is 1. The van der Waals surface area contributed by atoms with Crippen LogP contribution in [0.1, 0.15) is 40.0 Å². The number of nitrogens with zero attached hydrogens (tertiary/aromatic N) is 2. The number of aryl methyl sites for hydroxylation is 1.